The highest BCUT2D eigenvalue weighted by Gasteiger charge is 2.27. The molecule has 1 aliphatic rings. The van der Waals surface area contributed by atoms with Crippen molar-refractivity contribution in [3.05, 3.63) is 47.8 Å². The van der Waals surface area contributed by atoms with Crippen molar-refractivity contribution in [1.29, 1.82) is 0 Å². The minimum absolute atomic E-state index is 0.126. The predicted octanol–water partition coefficient (Wildman–Crippen LogP) is 2.67. The second-order valence-corrected chi connectivity index (χ2v) is 8.18. The van der Waals surface area contributed by atoms with Crippen LogP contribution in [0.15, 0.2) is 36.4 Å². The summed E-state index contributed by atoms with van der Waals surface area (Å²) in [4.78, 5) is 9.08. The van der Waals surface area contributed by atoms with E-state index in [-0.39, 0.29) is 5.92 Å². The molecule has 0 aromatic carbocycles. The van der Waals surface area contributed by atoms with Crippen LogP contribution < -0.4 is 5.32 Å². The molecule has 7 heteroatoms. The lowest BCUT2D eigenvalue weighted by atomic mass is 9.95. The minimum atomic E-state index is -3.15. The van der Waals surface area contributed by atoms with Crippen LogP contribution in [0.4, 0.5) is 11.6 Å². The minimum Gasteiger partial charge on any atom is -0.325 e. The van der Waals surface area contributed by atoms with Gasteiger partial charge in [-0.1, -0.05) is 12.1 Å². The molecule has 1 N–H and O–H groups in total. The number of piperidine rings is 1. The van der Waals surface area contributed by atoms with Crippen LogP contribution in [0.2, 0.25) is 0 Å². The van der Waals surface area contributed by atoms with Crippen molar-refractivity contribution in [2.24, 2.45) is 0 Å². The molecule has 1 aliphatic heterocycles. The zero-order valence-corrected chi connectivity index (χ0v) is 14.8. The number of hydrogen-bond acceptors (Lipinski definition) is 5. The molecule has 0 amide bonds. The van der Waals surface area contributed by atoms with E-state index in [0.717, 1.165) is 35.9 Å². The van der Waals surface area contributed by atoms with Crippen LogP contribution in [-0.4, -0.2) is 42.0 Å². The maximum atomic E-state index is 11.8. The number of nitrogens with zero attached hydrogens (tertiary/aromatic N) is 3. The Labute approximate surface area is 143 Å². The van der Waals surface area contributed by atoms with E-state index in [9.17, 15) is 8.42 Å². The lowest BCUT2D eigenvalue weighted by Crippen LogP contribution is -2.38. The topological polar surface area (TPSA) is 75.2 Å². The molecule has 6 nitrogen and oxygen atoms in total. The lowest BCUT2D eigenvalue weighted by molar-refractivity contribution is 0.314. The first-order chi connectivity index (χ1) is 11.4. The third-order valence-electron chi connectivity index (χ3n) is 4.19. The smallest absolute Gasteiger partial charge is 0.211 e. The molecular weight excluding hydrogens is 324 g/mol. The van der Waals surface area contributed by atoms with Crippen LogP contribution in [0.25, 0.3) is 0 Å². The first kappa shape index (κ1) is 16.9. The Morgan fingerprint density at radius 2 is 1.83 bits per heavy atom. The van der Waals surface area contributed by atoms with Crippen LogP contribution in [0.5, 0.6) is 0 Å². The molecule has 1 fully saturated rings. The average Bonchev–Trinajstić information content (AvgIpc) is 2.54. The number of hydrogen-bond donors (Lipinski definition) is 1. The van der Waals surface area contributed by atoms with Crippen LogP contribution in [0, 0.1) is 6.92 Å². The second-order valence-electron chi connectivity index (χ2n) is 6.20. The van der Waals surface area contributed by atoms with Gasteiger partial charge >= 0.3 is 0 Å². The van der Waals surface area contributed by atoms with Crippen molar-refractivity contribution in [1.82, 2.24) is 14.3 Å². The van der Waals surface area contributed by atoms with E-state index in [0.29, 0.717) is 13.1 Å². The first-order valence-corrected chi connectivity index (χ1v) is 9.89. The highest BCUT2D eigenvalue weighted by atomic mass is 32.2. The molecular formula is C17H22N4O2S. The summed E-state index contributed by atoms with van der Waals surface area (Å²) >= 11 is 0. The van der Waals surface area contributed by atoms with Gasteiger partial charge in [0, 0.05) is 30.4 Å². The standard InChI is InChI=1S/C17H22N4O2S/c1-13-6-3-9-16(18-13)20-17-10-4-8-15(19-17)14-7-5-11-21(12-14)24(2,22)23/h3-4,6,8-10,14H,5,7,11-12H2,1-2H3,(H,18,19,20)/t14-/m0/s1. The highest BCUT2D eigenvalue weighted by molar-refractivity contribution is 7.88. The number of sulfonamides is 1. The largest absolute Gasteiger partial charge is 0.325 e. The molecule has 0 aliphatic carbocycles. The Balaban J connectivity index is 1.77. The summed E-state index contributed by atoms with van der Waals surface area (Å²) in [6.07, 6.45) is 3.08. The number of aryl methyl sites for hydroxylation is 1. The van der Waals surface area contributed by atoms with E-state index >= 15 is 0 Å². The first-order valence-electron chi connectivity index (χ1n) is 8.04. The van der Waals surface area contributed by atoms with Gasteiger partial charge in [0.15, 0.2) is 0 Å². The monoisotopic (exact) mass is 346 g/mol. The van der Waals surface area contributed by atoms with Gasteiger partial charge in [0.05, 0.1) is 6.26 Å². The molecule has 1 saturated heterocycles. The van der Waals surface area contributed by atoms with Gasteiger partial charge in [-0.2, -0.15) is 0 Å². The van der Waals surface area contributed by atoms with Crippen molar-refractivity contribution >= 4 is 21.7 Å². The molecule has 3 heterocycles. The Kier molecular flexibility index (Phi) is 4.82. The number of nitrogens with one attached hydrogen (secondary N) is 1. The highest BCUT2D eigenvalue weighted by Crippen LogP contribution is 2.28. The number of anilines is 2. The fraction of sp³-hybridized carbons (Fsp3) is 0.412. The van der Waals surface area contributed by atoms with Gasteiger partial charge in [0.25, 0.3) is 0 Å². The maximum Gasteiger partial charge on any atom is 0.211 e. The maximum absolute atomic E-state index is 11.8. The van der Waals surface area contributed by atoms with E-state index in [4.69, 9.17) is 0 Å². The molecule has 0 unspecified atom stereocenters. The van der Waals surface area contributed by atoms with Gasteiger partial charge in [0.2, 0.25) is 10.0 Å². The van der Waals surface area contributed by atoms with E-state index in [1.165, 1.54) is 6.26 Å². The molecule has 0 spiro atoms. The van der Waals surface area contributed by atoms with Crippen molar-refractivity contribution in [3.63, 3.8) is 0 Å². The van der Waals surface area contributed by atoms with Crippen molar-refractivity contribution < 1.29 is 8.42 Å². The van der Waals surface area contributed by atoms with Crippen molar-refractivity contribution in [2.75, 3.05) is 24.7 Å². The van der Waals surface area contributed by atoms with Crippen molar-refractivity contribution in [3.8, 4) is 0 Å². The van der Waals surface area contributed by atoms with Crippen LogP contribution in [0.3, 0.4) is 0 Å². The second kappa shape index (κ2) is 6.86. The summed E-state index contributed by atoms with van der Waals surface area (Å²) in [6, 6.07) is 11.6. The van der Waals surface area contributed by atoms with Crippen LogP contribution >= 0.6 is 0 Å². The fourth-order valence-electron chi connectivity index (χ4n) is 2.98. The van der Waals surface area contributed by atoms with Gasteiger partial charge in [-0.05, 0) is 44.0 Å². The predicted molar refractivity (Wildman–Crippen MR) is 94.9 cm³/mol. The molecule has 24 heavy (non-hydrogen) atoms. The third kappa shape index (κ3) is 4.10. The lowest BCUT2D eigenvalue weighted by Gasteiger charge is -2.30. The van der Waals surface area contributed by atoms with Gasteiger partial charge in [-0.25, -0.2) is 22.7 Å². The Morgan fingerprint density at radius 3 is 2.54 bits per heavy atom. The van der Waals surface area contributed by atoms with E-state index in [2.05, 4.69) is 15.3 Å². The Hall–Kier alpha value is -1.99. The third-order valence-corrected chi connectivity index (χ3v) is 5.46. The zero-order valence-electron chi connectivity index (χ0n) is 13.9. The van der Waals surface area contributed by atoms with Gasteiger partial charge < -0.3 is 5.32 Å². The molecule has 0 bridgehead atoms. The van der Waals surface area contributed by atoms with Gasteiger partial charge in [-0.3, -0.25) is 0 Å². The summed E-state index contributed by atoms with van der Waals surface area (Å²) in [5, 5.41) is 3.21. The van der Waals surface area contributed by atoms with Gasteiger partial charge in [-0.15, -0.1) is 0 Å². The van der Waals surface area contributed by atoms with E-state index < -0.39 is 10.0 Å². The fourth-order valence-corrected chi connectivity index (χ4v) is 3.89. The molecule has 3 rings (SSSR count). The molecule has 128 valence electrons. The molecule has 2 aromatic heterocycles. The zero-order chi connectivity index (χ0) is 17.2. The van der Waals surface area contributed by atoms with E-state index in [1.807, 2.05) is 43.3 Å². The quantitative estimate of drug-likeness (QED) is 0.921. The van der Waals surface area contributed by atoms with E-state index in [1.54, 1.807) is 4.31 Å². The summed E-state index contributed by atoms with van der Waals surface area (Å²) in [6.45, 7) is 3.04. The normalized spacial score (nSPS) is 19.2. The number of pyridine rings is 2. The Bertz CT molecular complexity index is 823. The average molecular weight is 346 g/mol. The Morgan fingerprint density at radius 1 is 1.12 bits per heavy atom. The number of rotatable bonds is 4. The molecule has 1 atom stereocenters. The summed E-state index contributed by atoms with van der Waals surface area (Å²) in [5.41, 5.74) is 1.85. The molecule has 2 aromatic rings. The SMILES string of the molecule is Cc1cccc(Nc2cccc([C@H]3CCCN(S(C)(=O)=O)C3)n2)n1. The van der Waals surface area contributed by atoms with Gasteiger partial charge in [0.1, 0.15) is 11.6 Å². The number of aromatic nitrogens is 2. The molecule has 0 saturated carbocycles. The van der Waals surface area contributed by atoms with Crippen LogP contribution in [-0.2, 0) is 10.0 Å². The summed E-state index contributed by atoms with van der Waals surface area (Å²) in [7, 11) is -3.15. The van der Waals surface area contributed by atoms with Crippen LogP contribution in [0.1, 0.15) is 30.1 Å². The van der Waals surface area contributed by atoms with Crippen molar-refractivity contribution in [2.45, 2.75) is 25.7 Å². The summed E-state index contributed by atoms with van der Waals surface area (Å²) in [5.74, 6) is 1.60. The summed E-state index contributed by atoms with van der Waals surface area (Å²) < 4.78 is 25.1. The molecule has 0 radical (unpaired) electrons.